The van der Waals surface area contributed by atoms with Crippen LogP contribution in [0, 0.1) is 0 Å². The van der Waals surface area contributed by atoms with Crippen molar-refractivity contribution in [2.75, 3.05) is 14.2 Å². The minimum atomic E-state index is 0.251. The molecule has 0 fully saturated rings. The molecule has 4 nitrogen and oxygen atoms in total. The number of rotatable bonds is 5. The summed E-state index contributed by atoms with van der Waals surface area (Å²) in [4.78, 5) is 0. The zero-order chi connectivity index (χ0) is 12.1. The Labute approximate surface area is 101 Å². The normalized spacial score (nSPS) is 12.4. The maximum atomic E-state index is 5.15. The summed E-state index contributed by atoms with van der Waals surface area (Å²) in [5, 5.41) is 7.51. The third kappa shape index (κ3) is 2.85. The minimum Gasteiger partial charge on any atom is -0.497 e. The second-order valence-corrected chi connectivity index (χ2v) is 3.84. The molecule has 1 heterocycles. The van der Waals surface area contributed by atoms with E-state index >= 15 is 0 Å². The Morgan fingerprint density at radius 2 is 2.12 bits per heavy atom. The van der Waals surface area contributed by atoms with Crippen LogP contribution in [0.15, 0.2) is 42.7 Å². The van der Waals surface area contributed by atoms with Crippen molar-refractivity contribution in [3.05, 3.63) is 48.3 Å². The van der Waals surface area contributed by atoms with Gasteiger partial charge in [0.25, 0.3) is 0 Å². The van der Waals surface area contributed by atoms with Crippen molar-refractivity contribution in [1.29, 1.82) is 0 Å². The fraction of sp³-hybridized carbons (Fsp3) is 0.308. The highest BCUT2D eigenvalue weighted by atomic mass is 16.5. The van der Waals surface area contributed by atoms with E-state index < -0.39 is 0 Å². The van der Waals surface area contributed by atoms with Gasteiger partial charge in [0.1, 0.15) is 5.75 Å². The van der Waals surface area contributed by atoms with Crippen LogP contribution in [0.2, 0.25) is 0 Å². The summed E-state index contributed by atoms with van der Waals surface area (Å²) >= 11 is 0. The Bertz CT molecular complexity index is 436. The molecular formula is C13H17N3O. The molecule has 0 amide bonds. The molecule has 1 N–H and O–H groups in total. The molecule has 90 valence electrons. The molecule has 1 atom stereocenters. The minimum absolute atomic E-state index is 0.251. The topological polar surface area (TPSA) is 39.1 Å². The Morgan fingerprint density at radius 3 is 2.65 bits per heavy atom. The second-order valence-electron chi connectivity index (χ2n) is 3.84. The number of hydrogen-bond donors (Lipinski definition) is 1. The quantitative estimate of drug-likeness (QED) is 0.853. The van der Waals surface area contributed by atoms with Crippen molar-refractivity contribution >= 4 is 0 Å². The molecule has 0 spiro atoms. The number of aromatic nitrogens is 2. The van der Waals surface area contributed by atoms with E-state index in [9.17, 15) is 0 Å². The second kappa shape index (κ2) is 5.50. The van der Waals surface area contributed by atoms with Gasteiger partial charge in [0.2, 0.25) is 0 Å². The molecule has 0 radical (unpaired) electrons. The average Bonchev–Trinajstić information content (AvgIpc) is 2.89. The van der Waals surface area contributed by atoms with E-state index in [2.05, 4.69) is 22.5 Å². The maximum Gasteiger partial charge on any atom is 0.118 e. The highest BCUT2D eigenvalue weighted by Crippen LogP contribution is 2.18. The molecule has 1 aromatic carbocycles. The smallest absolute Gasteiger partial charge is 0.118 e. The zero-order valence-corrected chi connectivity index (χ0v) is 10.1. The summed E-state index contributed by atoms with van der Waals surface area (Å²) in [7, 11) is 3.63. The van der Waals surface area contributed by atoms with Gasteiger partial charge >= 0.3 is 0 Å². The van der Waals surface area contributed by atoms with Gasteiger partial charge in [0.15, 0.2) is 0 Å². The fourth-order valence-corrected chi connectivity index (χ4v) is 1.80. The first kappa shape index (κ1) is 11.7. The van der Waals surface area contributed by atoms with E-state index in [1.807, 2.05) is 36.1 Å². The van der Waals surface area contributed by atoms with Gasteiger partial charge in [-0.25, -0.2) is 0 Å². The van der Waals surface area contributed by atoms with Crippen molar-refractivity contribution in [3.63, 3.8) is 0 Å². The molecule has 1 aromatic heterocycles. The molecule has 0 saturated carbocycles. The predicted octanol–water partition coefficient (Wildman–Crippen LogP) is 1.85. The Balaban J connectivity index is 2.11. The third-order valence-electron chi connectivity index (χ3n) is 2.80. The molecular weight excluding hydrogens is 214 g/mol. The van der Waals surface area contributed by atoms with Crippen LogP contribution in [0.3, 0.4) is 0 Å². The van der Waals surface area contributed by atoms with Gasteiger partial charge in [-0.1, -0.05) is 12.1 Å². The molecule has 0 aliphatic carbocycles. The van der Waals surface area contributed by atoms with Crippen molar-refractivity contribution < 1.29 is 4.74 Å². The van der Waals surface area contributed by atoms with Gasteiger partial charge in [0.05, 0.1) is 19.7 Å². The molecule has 17 heavy (non-hydrogen) atoms. The third-order valence-corrected chi connectivity index (χ3v) is 2.80. The van der Waals surface area contributed by atoms with Gasteiger partial charge < -0.3 is 10.1 Å². The maximum absolute atomic E-state index is 5.15. The lowest BCUT2D eigenvalue weighted by molar-refractivity contribution is 0.413. The van der Waals surface area contributed by atoms with Gasteiger partial charge in [0, 0.05) is 12.4 Å². The molecule has 1 unspecified atom stereocenters. The summed E-state index contributed by atoms with van der Waals surface area (Å²) in [5.41, 5.74) is 1.23. The molecule has 0 aliphatic rings. The van der Waals surface area contributed by atoms with Crippen LogP contribution >= 0.6 is 0 Å². The number of benzene rings is 1. The summed E-state index contributed by atoms with van der Waals surface area (Å²) in [6.45, 7) is 0.815. The molecule has 2 rings (SSSR count). The van der Waals surface area contributed by atoms with E-state index in [1.54, 1.807) is 13.3 Å². The highest BCUT2D eigenvalue weighted by Gasteiger charge is 2.09. The van der Waals surface area contributed by atoms with Gasteiger partial charge in [-0.15, -0.1) is 0 Å². The number of nitrogens with one attached hydrogen (secondary N) is 1. The van der Waals surface area contributed by atoms with E-state index in [-0.39, 0.29) is 6.04 Å². The SMILES string of the molecule is CNC(Cn1cccn1)c1ccc(OC)cc1. The first-order valence-electron chi connectivity index (χ1n) is 5.62. The molecule has 0 bridgehead atoms. The van der Waals surface area contributed by atoms with Crippen LogP contribution < -0.4 is 10.1 Å². The number of nitrogens with zero attached hydrogens (tertiary/aromatic N) is 2. The first-order valence-corrected chi connectivity index (χ1v) is 5.62. The largest absolute Gasteiger partial charge is 0.497 e. The van der Waals surface area contributed by atoms with E-state index in [0.29, 0.717) is 0 Å². The first-order chi connectivity index (χ1) is 8.33. The molecule has 4 heteroatoms. The Hall–Kier alpha value is -1.81. The van der Waals surface area contributed by atoms with Crippen LogP contribution in [0.4, 0.5) is 0 Å². The summed E-state index contributed by atoms with van der Waals surface area (Å²) in [5.74, 6) is 0.877. The lowest BCUT2D eigenvalue weighted by Gasteiger charge is -2.17. The average molecular weight is 231 g/mol. The van der Waals surface area contributed by atoms with Crippen molar-refractivity contribution in [3.8, 4) is 5.75 Å². The van der Waals surface area contributed by atoms with E-state index in [1.165, 1.54) is 5.56 Å². The van der Waals surface area contributed by atoms with Crippen molar-refractivity contribution in [2.45, 2.75) is 12.6 Å². The standard InChI is InChI=1S/C13H17N3O/c1-14-13(10-16-9-3-8-15-16)11-4-6-12(17-2)7-5-11/h3-9,13-14H,10H2,1-2H3. The van der Waals surface area contributed by atoms with Crippen molar-refractivity contribution in [1.82, 2.24) is 15.1 Å². The van der Waals surface area contributed by atoms with Gasteiger partial charge in [-0.2, -0.15) is 5.10 Å². The van der Waals surface area contributed by atoms with Gasteiger partial charge in [-0.3, -0.25) is 4.68 Å². The summed E-state index contributed by atoms with van der Waals surface area (Å²) in [6.07, 6.45) is 3.76. The zero-order valence-electron chi connectivity index (χ0n) is 10.1. The fourth-order valence-electron chi connectivity index (χ4n) is 1.80. The van der Waals surface area contributed by atoms with E-state index in [0.717, 1.165) is 12.3 Å². The number of hydrogen-bond acceptors (Lipinski definition) is 3. The lowest BCUT2D eigenvalue weighted by Crippen LogP contribution is -2.22. The number of ether oxygens (including phenoxy) is 1. The Kier molecular flexibility index (Phi) is 3.77. The highest BCUT2D eigenvalue weighted by molar-refractivity contribution is 5.29. The van der Waals surface area contributed by atoms with Crippen LogP contribution in [0.5, 0.6) is 5.75 Å². The van der Waals surface area contributed by atoms with E-state index in [4.69, 9.17) is 4.74 Å². The van der Waals surface area contributed by atoms with Crippen LogP contribution in [-0.2, 0) is 6.54 Å². The Morgan fingerprint density at radius 1 is 1.35 bits per heavy atom. The van der Waals surface area contributed by atoms with Gasteiger partial charge in [-0.05, 0) is 30.8 Å². The van der Waals surface area contributed by atoms with Crippen molar-refractivity contribution in [2.24, 2.45) is 0 Å². The van der Waals surface area contributed by atoms with Crippen LogP contribution in [0.25, 0.3) is 0 Å². The molecule has 0 aliphatic heterocycles. The number of methoxy groups -OCH3 is 1. The lowest BCUT2D eigenvalue weighted by atomic mass is 10.1. The number of likely N-dealkylation sites (N-methyl/N-ethyl adjacent to an activating group) is 1. The molecule has 2 aromatic rings. The monoisotopic (exact) mass is 231 g/mol. The molecule has 0 saturated heterocycles. The predicted molar refractivity (Wildman–Crippen MR) is 67.0 cm³/mol. The summed E-state index contributed by atoms with van der Waals surface area (Å²) in [6, 6.07) is 10.3. The summed E-state index contributed by atoms with van der Waals surface area (Å²) < 4.78 is 7.07. The van der Waals surface area contributed by atoms with Crippen LogP contribution in [-0.4, -0.2) is 23.9 Å². The van der Waals surface area contributed by atoms with Crippen LogP contribution in [0.1, 0.15) is 11.6 Å².